The quantitative estimate of drug-likeness (QED) is 0.811. The van der Waals surface area contributed by atoms with Crippen molar-refractivity contribution in [2.45, 2.75) is 25.4 Å². The Labute approximate surface area is 119 Å². The fourth-order valence-corrected chi connectivity index (χ4v) is 2.26. The largest absolute Gasteiger partial charge is 0.418 e. The number of halogens is 3. The second-order valence-corrected chi connectivity index (χ2v) is 4.85. The molecule has 0 atom stereocenters. The molecule has 1 N–H and O–H groups in total. The van der Waals surface area contributed by atoms with Crippen LogP contribution in [-0.4, -0.2) is 29.8 Å². The number of rotatable bonds is 1. The summed E-state index contributed by atoms with van der Waals surface area (Å²) in [7, 11) is 0. The van der Waals surface area contributed by atoms with Gasteiger partial charge in [0.2, 0.25) is 0 Å². The summed E-state index contributed by atoms with van der Waals surface area (Å²) in [6.07, 6.45) is -1.99. The van der Waals surface area contributed by atoms with E-state index < -0.39 is 29.2 Å². The molecule has 4 nitrogen and oxygen atoms in total. The zero-order valence-corrected chi connectivity index (χ0v) is 11.2. The van der Waals surface area contributed by atoms with E-state index in [1.54, 1.807) is 0 Å². The zero-order valence-electron chi connectivity index (χ0n) is 11.2. The van der Waals surface area contributed by atoms with Gasteiger partial charge in [-0.1, -0.05) is 12.1 Å². The highest BCUT2D eigenvalue weighted by Gasteiger charge is 2.34. The van der Waals surface area contributed by atoms with E-state index in [9.17, 15) is 22.8 Å². The minimum absolute atomic E-state index is 0.402. The van der Waals surface area contributed by atoms with Gasteiger partial charge in [0.15, 0.2) is 0 Å². The van der Waals surface area contributed by atoms with E-state index in [0.717, 1.165) is 31.4 Å². The molecule has 1 aliphatic rings. The molecule has 1 fully saturated rings. The van der Waals surface area contributed by atoms with Gasteiger partial charge in [-0.15, -0.1) is 0 Å². The first-order chi connectivity index (χ1) is 9.89. The summed E-state index contributed by atoms with van der Waals surface area (Å²) in [6, 6.07) is 4.59. The van der Waals surface area contributed by atoms with Crippen LogP contribution in [-0.2, 0) is 15.8 Å². The maximum Gasteiger partial charge on any atom is 0.418 e. The molecule has 21 heavy (non-hydrogen) atoms. The summed E-state index contributed by atoms with van der Waals surface area (Å²) in [6.45, 7) is 0.931. The summed E-state index contributed by atoms with van der Waals surface area (Å²) in [4.78, 5) is 25.1. The van der Waals surface area contributed by atoms with Gasteiger partial charge in [-0.05, 0) is 31.4 Å². The van der Waals surface area contributed by atoms with Gasteiger partial charge in [-0.2, -0.15) is 13.2 Å². The molecular weight excluding hydrogens is 285 g/mol. The average Bonchev–Trinajstić information content (AvgIpc) is 2.47. The Kier molecular flexibility index (Phi) is 4.50. The molecule has 1 aliphatic heterocycles. The average molecular weight is 300 g/mol. The van der Waals surface area contributed by atoms with Gasteiger partial charge in [-0.25, -0.2) is 0 Å². The molecule has 2 rings (SSSR count). The minimum Gasteiger partial charge on any atom is -0.334 e. The van der Waals surface area contributed by atoms with Crippen LogP contribution in [0.5, 0.6) is 0 Å². The monoisotopic (exact) mass is 300 g/mol. The molecule has 0 bridgehead atoms. The molecule has 2 amide bonds. The first kappa shape index (κ1) is 15.3. The predicted molar refractivity (Wildman–Crippen MR) is 70.5 cm³/mol. The first-order valence-electron chi connectivity index (χ1n) is 6.66. The van der Waals surface area contributed by atoms with Gasteiger partial charge in [-0.3, -0.25) is 9.59 Å². The minimum atomic E-state index is -4.59. The number of nitrogens with one attached hydrogen (secondary N) is 1. The van der Waals surface area contributed by atoms with Gasteiger partial charge in [0.25, 0.3) is 0 Å². The third kappa shape index (κ3) is 3.74. The lowest BCUT2D eigenvalue weighted by atomic mass is 10.1. The SMILES string of the molecule is O=C(Nc1ccccc1C(F)(F)F)C(=O)N1CCCCC1. The van der Waals surface area contributed by atoms with Crippen LogP contribution in [0.25, 0.3) is 0 Å². The zero-order chi connectivity index (χ0) is 15.5. The van der Waals surface area contributed by atoms with Crippen LogP contribution in [0.1, 0.15) is 24.8 Å². The maximum absolute atomic E-state index is 12.8. The number of nitrogens with zero attached hydrogens (tertiary/aromatic N) is 1. The van der Waals surface area contributed by atoms with Gasteiger partial charge in [0.1, 0.15) is 0 Å². The third-order valence-electron chi connectivity index (χ3n) is 3.32. The number of carbonyl (C=O) groups excluding carboxylic acids is 2. The molecule has 7 heteroatoms. The van der Waals surface area contributed by atoms with Crippen LogP contribution >= 0.6 is 0 Å². The van der Waals surface area contributed by atoms with Crippen molar-refractivity contribution >= 4 is 17.5 Å². The number of carbonyl (C=O) groups is 2. The van der Waals surface area contributed by atoms with Crippen LogP contribution in [0.15, 0.2) is 24.3 Å². The second kappa shape index (κ2) is 6.15. The van der Waals surface area contributed by atoms with E-state index in [0.29, 0.717) is 13.1 Å². The Balaban J connectivity index is 2.11. The number of piperidine rings is 1. The molecule has 1 saturated heterocycles. The lowest BCUT2D eigenvalue weighted by molar-refractivity contribution is -0.144. The van der Waals surface area contributed by atoms with E-state index in [1.165, 1.54) is 17.0 Å². The lowest BCUT2D eigenvalue weighted by Gasteiger charge is -2.26. The van der Waals surface area contributed by atoms with Crippen LogP contribution < -0.4 is 5.32 Å². The van der Waals surface area contributed by atoms with Crippen molar-refractivity contribution in [2.24, 2.45) is 0 Å². The number of likely N-dealkylation sites (tertiary alicyclic amines) is 1. The number of alkyl halides is 3. The number of hydrogen-bond acceptors (Lipinski definition) is 2. The van der Waals surface area contributed by atoms with E-state index in [2.05, 4.69) is 5.32 Å². The third-order valence-corrected chi connectivity index (χ3v) is 3.32. The lowest BCUT2D eigenvalue weighted by Crippen LogP contribution is -2.42. The normalized spacial score (nSPS) is 15.7. The molecule has 0 aromatic heterocycles. The molecule has 1 heterocycles. The highest BCUT2D eigenvalue weighted by atomic mass is 19.4. The van der Waals surface area contributed by atoms with Gasteiger partial charge < -0.3 is 10.2 Å². The van der Waals surface area contributed by atoms with Crippen molar-refractivity contribution in [3.05, 3.63) is 29.8 Å². The fourth-order valence-electron chi connectivity index (χ4n) is 2.26. The smallest absolute Gasteiger partial charge is 0.334 e. The molecule has 0 unspecified atom stereocenters. The van der Waals surface area contributed by atoms with E-state index in [4.69, 9.17) is 0 Å². The summed E-state index contributed by atoms with van der Waals surface area (Å²) in [5.41, 5.74) is -1.37. The van der Waals surface area contributed by atoms with Crippen molar-refractivity contribution in [1.29, 1.82) is 0 Å². The Morgan fingerprint density at radius 2 is 1.67 bits per heavy atom. The number of para-hydroxylation sites is 1. The summed E-state index contributed by atoms with van der Waals surface area (Å²) in [5.74, 6) is -1.82. The highest BCUT2D eigenvalue weighted by molar-refractivity contribution is 6.39. The molecular formula is C14H15F3N2O2. The molecule has 114 valence electrons. The molecule has 0 saturated carbocycles. The number of hydrogen-bond donors (Lipinski definition) is 1. The standard InChI is InChI=1S/C14H15F3N2O2/c15-14(16,17)10-6-2-3-7-11(10)18-12(20)13(21)19-8-4-1-5-9-19/h2-3,6-7H,1,4-5,8-9H2,(H,18,20). The fraction of sp³-hybridized carbons (Fsp3) is 0.429. The Hall–Kier alpha value is -2.05. The van der Waals surface area contributed by atoms with Crippen molar-refractivity contribution in [1.82, 2.24) is 4.90 Å². The molecule has 0 spiro atoms. The first-order valence-corrected chi connectivity index (χ1v) is 6.66. The van der Waals surface area contributed by atoms with Crippen LogP contribution in [0, 0.1) is 0 Å². The second-order valence-electron chi connectivity index (χ2n) is 4.85. The number of amides is 2. The van der Waals surface area contributed by atoms with E-state index in [1.807, 2.05) is 0 Å². The van der Waals surface area contributed by atoms with Crippen LogP contribution in [0.3, 0.4) is 0 Å². The maximum atomic E-state index is 12.8. The highest BCUT2D eigenvalue weighted by Crippen LogP contribution is 2.34. The predicted octanol–water partition coefficient (Wildman–Crippen LogP) is 2.66. The number of anilines is 1. The molecule has 0 aliphatic carbocycles. The molecule has 1 aromatic carbocycles. The molecule has 0 radical (unpaired) electrons. The van der Waals surface area contributed by atoms with E-state index in [-0.39, 0.29) is 0 Å². The van der Waals surface area contributed by atoms with Gasteiger partial charge >= 0.3 is 18.0 Å². The van der Waals surface area contributed by atoms with Crippen molar-refractivity contribution < 1.29 is 22.8 Å². The Morgan fingerprint density at radius 3 is 2.29 bits per heavy atom. The number of benzene rings is 1. The van der Waals surface area contributed by atoms with E-state index >= 15 is 0 Å². The van der Waals surface area contributed by atoms with Crippen molar-refractivity contribution in [2.75, 3.05) is 18.4 Å². The van der Waals surface area contributed by atoms with Crippen molar-refractivity contribution in [3.63, 3.8) is 0 Å². The summed E-state index contributed by atoms with van der Waals surface area (Å²) < 4.78 is 38.4. The van der Waals surface area contributed by atoms with Crippen LogP contribution in [0.2, 0.25) is 0 Å². The molecule has 1 aromatic rings. The van der Waals surface area contributed by atoms with Crippen LogP contribution in [0.4, 0.5) is 18.9 Å². The Bertz CT molecular complexity index is 537. The Morgan fingerprint density at radius 1 is 1.05 bits per heavy atom. The van der Waals surface area contributed by atoms with Crippen molar-refractivity contribution in [3.8, 4) is 0 Å². The van der Waals surface area contributed by atoms with Gasteiger partial charge in [0.05, 0.1) is 11.3 Å². The van der Waals surface area contributed by atoms with Gasteiger partial charge in [0, 0.05) is 13.1 Å². The topological polar surface area (TPSA) is 49.4 Å². The summed E-state index contributed by atoms with van der Waals surface area (Å²) >= 11 is 0. The summed E-state index contributed by atoms with van der Waals surface area (Å²) in [5, 5.41) is 2.06.